The molecule has 0 unspecified atom stereocenters. The lowest BCUT2D eigenvalue weighted by Gasteiger charge is -2.34. The second-order valence-corrected chi connectivity index (χ2v) is 3.95. The summed E-state index contributed by atoms with van der Waals surface area (Å²) in [5.74, 6) is 0.380. The normalized spacial score (nSPS) is 38.5. The van der Waals surface area contributed by atoms with E-state index < -0.39 is 0 Å². The van der Waals surface area contributed by atoms with E-state index in [1.807, 2.05) is 0 Å². The molecule has 66 valence electrons. The van der Waals surface area contributed by atoms with Crippen LogP contribution in [-0.4, -0.2) is 22.9 Å². The van der Waals surface area contributed by atoms with Crippen LogP contribution in [0.2, 0.25) is 0 Å². The molecule has 0 aromatic rings. The van der Waals surface area contributed by atoms with Crippen LogP contribution in [0, 0.1) is 11.3 Å². The highest BCUT2D eigenvalue weighted by atomic mass is 16.3. The van der Waals surface area contributed by atoms with Crippen LogP contribution >= 0.6 is 0 Å². The largest absolute Gasteiger partial charge is 0.396 e. The van der Waals surface area contributed by atoms with Gasteiger partial charge in [-0.25, -0.2) is 0 Å². The highest BCUT2D eigenvalue weighted by molar-refractivity contribution is 4.93. The van der Waals surface area contributed by atoms with E-state index in [-0.39, 0.29) is 18.1 Å². The summed E-state index contributed by atoms with van der Waals surface area (Å²) in [7, 11) is 0. The van der Waals surface area contributed by atoms with Gasteiger partial charge in [-0.2, -0.15) is 0 Å². The maximum absolute atomic E-state index is 9.65. The molecule has 1 rings (SSSR count). The molecule has 0 aromatic heterocycles. The lowest BCUT2D eigenvalue weighted by atomic mass is 9.75. The molecule has 0 saturated heterocycles. The Kier molecular flexibility index (Phi) is 2.55. The molecular formula is C9H18O2. The highest BCUT2D eigenvalue weighted by Crippen LogP contribution is 2.43. The Morgan fingerprint density at radius 3 is 2.36 bits per heavy atom. The van der Waals surface area contributed by atoms with Crippen molar-refractivity contribution in [2.45, 2.75) is 39.2 Å². The first-order valence-corrected chi connectivity index (χ1v) is 4.42. The second kappa shape index (κ2) is 3.11. The van der Waals surface area contributed by atoms with Gasteiger partial charge in [-0.3, -0.25) is 0 Å². The van der Waals surface area contributed by atoms with Gasteiger partial charge >= 0.3 is 0 Å². The van der Waals surface area contributed by atoms with E-state index in [2.05, 4.69) is 13.8 Å². The Balaban J connectivity index is 2.73. The summed E-state index contributed by atoms with van der Waals surface area (Å²) in [5, 5.41) is 18.8. The van der Waals surface area contributed by atoms with E-state index >= 15 is 0 Å². The monoisotopic (exact) mass is 158 g/mol. The second-order valence-electron chi connectivity index (χ2n) is 3.95. The summed E-state index contributed by atoms with van der Waals surface area (Å²) < 4.78 is 0. The van der Waals surface area contributed by atoms with Crippen molar-refractivity contribution in [2.75, 3.05) is 6.61 Å². The molecule has 11 heavy (non-hydrogen) atoms. The third-order valence-electron chi connectivity index (χ3n) is 3.23. The van der Waals surface area contributed by atoms with Gasteiger partial charge in [0.15, 0.2) is 0 Å². The molecule has 2 nitrogen and oxygen atoms in total. The first-order chi connectivity index (χ1) is 5.13. The summed E-state index contributed by atoms with van der Waals surface area (Å²) in [6.45, 7) is 4.28. The van der Waals surface area contributed by atoms with Crippen LogP contribution in [0.15, 0.2) is 0 Å². The van der Waals surface area contributed by atoms with Gasteiger partial charge in [0.1, 0.15) is 0 Å². The fourth-order valence-corrected chi connectivity index (χ4v) is 2.12. The predicted octanol–water partition coefficient (Wildman–Crippen LogP) is 1.17. The summed E-state index contributed by atoms with van der Waals surface area (Å²) in [4.78, 5) is 0. The number of hydrogen-bond donors (Lipinski definition) is 2. The minimum atomic E-state index is -0.285. The third-order valence-corrected chi connectivity index (χ3v) is 3.23. The Hall–Kier alpha value is -0.0800. The molecule has 1 aliphatic carbocycles. The number of aliphatic hydroxyl groups is 2. The number of hydrogen-bond acceptors (Lipinski definition) is 2. The number of aliphatic hydroxyl groups excluding tert-OH is 2. The molecule has 0 aromatic carbocycles. The Morgan fingerprint density at radius 1 is 1.55 bits per heavy atom. The van der Waals surface area contributed by atoms with E-state index in [0.29, 0.717) is 5.92 Å². The standard InChI is InChI=1S/C9H18O2/c1-7(2)9(6-10)5-3-4-8(9)11/h7-8,10-11H,3-6H2,1-2H3/t8-,9+/m1/s1. The first kappa shape index (κ1) is 9.01. The third kappa shape index (κ3) is 1.30. The van der Waals surface area contributed by atoms with Crippen molar-refractivity contribution < 1.29 is 10.2 Å². The molecular weight excluding hydrogens is 140 g/mol. The van der Waals surface area contributed by atoms with Crippen LogP contribution in [0.4, 0.5) is 0 Å². The van der Waals surface area contributed by atoms with Gasteiger partial charge in [0, 0.05) is 5.41 Å². The van der Waals surface area contributed by atoms with Crippen molar-refractivity contribution in [3.8, 4) is 0 Å². The van der Waals surface area contributed by atoms with Gasteiger partial charge in [0.25, 0.3) is 0 Å². The van der Waals surface area contributed by atoms with Crippen molar-refractivity contribution in [1.29, 1.82) is 0 Å². The minimum absolute atomic E-state index is 0.131. The fourth-order valence-electron chi connectivity index (χ4n) is 2.12. The van der Waals surface area contributed by atoms with Crippen molar-refractivity contribution >= 4 is 0 Å². The van der Waals surface area contributed by atoms with Gasteiger partial charge in [0.05, 0.1) is 12.7 Å². The van der Waals surface area contributed by atoms with E-state index in [4.69, 9.17) is 0 Å². The van der Waals surface area contributed by atoms with Crippen molar-refractivity contribution in [2.24, 2.45) is 11.3 Å². The van der Waals surface area contributed by atoms with E-state index in [0.717, 1.165) is 19.3 Å². The molecule has 2 heteroatoms. The van der Waals surface area contributed by atoms with Crippen LogP contribution in [0.5, 0.6) is 0 Å². The lowest BCUT2D eigenvalue weighted by molar-refractivity contribution is -0.0262. The van der Waals surface area contributed by atoms with Crippen molar-refractivity contribution in [1.82, 2.24) is 0 Å². The van der Waals surface area contributed by atoms with Crippen LogP contribution in [0.3, 0.4) is 0 Å². The van der Waals surface area contributed by atoms with Gasteiger partial charge in [-0.15, -0.1) is 0 Å². The maximum Gasteiger partial charge on any atom is 0.0620 e. The Bertz CT molecular complexity index is 134. The topological polar surface area (TPSA) is 40.5 Å². The molecule has 1 saturated carbocycles. The van der Waals surface area contributed by atoms with Crippen LogP contribution < -0.4 is 0 Å². The first-order valence-electron chi connectivity index (χ1n) is 4.42. The van der Waals surface area contributed by atoms with E-state index in [1.54, 1.807) is 0 Å². The molecule has 2 atom stereocenters. The quantitative estimate of drug-likeness (QED) is 0.633. The molecule has 0 spiro atoms. The SMILES string of the molecule is CC(C)[C@@]1(CO)CCC[C@H]1O. The van der Waals surface area contributed by atoms with Crippen LogP contribution in [0.25, 0.3) is 0 Å². The molecule has 0 aliphatic heterocycles. The summed E-state index contributed by atoms with van der Waals surface area (Å²) in [6, 6.07) is 0. The van der Waals surface area contributed by atoms with Gasteiger partial charge in [-0.1, -0.05) is 20.3 Å². The van der Waals surface area contributed by atoms with Gasteiger partial charge in [0.2, 0.25) is 0 Å². The predicted molar refractivity (Wildman–Crippen MR) is 44.2 cm³/mol. The lowest BCUT2D eigenvalue weighted by Crippen LogP contribution is -2.38. The smallest absolute Gasteiger partial charge is 0.0620 e. The molecule has 0 bridgehead atoms. The summed E-state index contributed by atoms with van der Waals surface area (Å²) in [6.07, 6.45) is 2.61. The maximum atomic E-state index is 9.65. The molecule has 1 aliphatic rings. The van der Waals surface area contributed by atoms with Crippen molar-refractivity contribution in [3.63, 3.8) is 0 Å². The van der Waals surface area contributed by atoms with Gasteiger partial charge in [-0.05, 0) is 18.8 Å². The zero-order valence-corrected chi connectivity index (χ0v) is 7.38. The molecule has 0 radical (unpaired) electrons. The zero-order chi connectivity index (χ0) is 8.48. The molecule has 0 amide bonds. The zero-order valence-electron chi connectivity index (χ0n) is 7.38. The average molecular weight is 158 g/mol. The van der Waals surface area contributed by atoms with Crippen LogP contribution in [-0.2, 0) is 0 Å². The summed E-state index contributed by atoms with van der Waals surface area (Å²) in [5.41, 5.74) is -0.194. The molecule has 1 fully saturated rings. The van der Waals surface area contributed by atoms with Gasteiger partial charge < -0.3 is 10.2 Å². The van der Waals surface area contributed by atoms with Crippen LogP contribution in [0.1, 0.15) is 33.1 Å². The van der Waals surface area contributed by atoms with E-state index in [9.17, 15) is 10.2 Å². The number of rotatable bonds is 2. The fraction of sp³-hybridized carbons (Fsp3) is 1.00. The average Bonchev–Trinajstić information content (AvgIpc) is 2.32. The summed E-state index contributed by atoms with van der Waals surface area (Å²) >= 11 is 0. The molecule has 0 heterocycles. The highest BCUT2D eigenvalue weighted by Gasteiger charge is 2.43. The minimum Gasteiger partial charge on any atom is -0.396 e. The molecule has 2 N–H and O–H groups in total. The Morgan fingerprint density at radius 2 is 2.18 bits per heavy atom. The Labute approximate surface area is 68.2 Å². The van der Waals surface area contributed by atoms with E-state index in [1.165, 1.54) is 0 Å². The van der Waals surface area contributed by atoms with Crippen molar-refractivity contribution in [3.05, 3.63) is 0 Å².